The Balaban J connectivity index is 1.87. The Hall–Kier alpha value is -1.35. The Kier molecular flexibility index (Phi) is 4.59. The van der Waals surface area contributed by atoms with Gasteiger partial charge >= 0.3 is 5.97 Å². The number of hydrogen-bond acceptors (Lipinski definition) is 2. The van der Waals surface area contributed by atoms with Gasteiger partial charge in [0.25, 0.3) is 0 Å². The highest BCUT2D eigenvalue weighted by molar-refractivity contribution is 5.87. The molecule has 0 bridgehead atoms. The van der Waals surface area contributed by atoms with E-state index in [4.69, 9.17) is 5.11 Å². The second-order valence-electron chi connectivity index (χ2n) is 5.59. The number of nitrogens with one attached hydrogen (secondary N) is 1. The second kappa shape index (κ2) is 6.20. The molecule has 2 rings (SSSR count). The Morgan fingerprint density at radius 2 is 2.00 bits per heavy atom. The number of rotatable bonds is 5. The number of benzene rings is 1. The second-order valence-corrected chi connectivity index (χ2v) is 5.59. The molecule has 3 nitrogen and oxygen atoms in total. The summed E-state index contributed by atoms with van der Waals surface area (Å²) in [4.78, 5) is 10.8. The number of hydrogen-bond donors (Lipinski definition) is 2. The van der Waals surface area contributed by atoms with E-state index in [-0.39, 0.29) is 0 Å². The van der Waals surface area contributed by atoms with Crippen LogP contribution in [-0.2, 0) is 6.54 Å². The smallest absolute Gasteiger partial charge is 0.335 e. The molecule has 3 atom stereocenters. The van der Waals surface area contributed by atoms with Crippen molar-refractivity contribution in [1.29, 1.82) is 0 Å². The molecule has 1 aromatic carbocycles. The van der Waals surface area contributed by atoms with Crippen molar-refractivity contribution in [2.45, 2.75) is 45.7 Å². The maximum absolute atomic E-state index is 10.8. The molecule has 1 aliphatic carbocycles. The van der Waals surface area contributed by atoms with Crippen molar-refractivity contribution in [2.24, 2.45) is 11.8 Å². The van der Waals surface area contributed by atoms with Crippen molar-refractivity contribution in [3.05, 3.63) is 35.4 Å². The van der Waals surface area contributed by atoms with E-state index in [0.717, 1.165) is 23.9 Å². The van der Waals surface area contributed by atoms with Crippen LogP contribution >= 0.6 is 0 Å². The van der Waals surface area contributed by atoms with Gasteiger partial charge in [-0.3, -0.25) is 0 Å². The van der Waals surface area contributed by atoms with Crippen molar-refractivity contribution < 1.29 is 9.90 Å². The largest absolute Gasteiger partial charge is 0.478 e. The van der Waals surface area contributed by atoms with E-state index in [1.54, 1.807) is 12.1 Å². The summed E-state index contributed by atoms with van der Waals surface area (Å²) in [5, 5.41) is 12.5. The number of aromatic carboxylic acids is 1. The lowest BCUT2D eigenvalue weighted by Crippen LogP contribution is -2.32. The molecule has 19 heavy (non-hydrogen) atoms. The van der Waals surface area contributed by atoms with Gasteiger partial charge in [-0.05, 0) is 42.4 Å². The molecule has 0 aliphatic heterocycles. The van der Waals surface area contributed by atoms with Crippen LogP contribution in [0.1, 0.15) is 49.0 Å². The Morgan fingerprint density at radius 3 is 2.53 bits per heavy atom. The zero-order valence-corrected chi connectivity index (χ0v) is 11.7. The monoisotopic (exact) mass is 261 g/mol. The topological polar surface area (TPSA) is 49.3 Å². The highest BCUT2D eigenvalue weighted by atomic mass is 16.4. The van der Waals surface area contributed by atoms with Gasteiger partial charge in [0.1, 0.15) is 0 Å². The van der Waals surface area contributed by atoms with E-state index in [9.17, 15) is 4.79 Å². The summed E-state index contributed by atoms with van der Waals surface area (Å²) in [7, 11) is 0. The first-order valence-electron chi connectivity index (χ1n) is 7.17. The lowest BCUT2D eigenvalue weighted by molar-refractivity contribution is 0.0697. The van der Waals surface area contributed by atoms with Gasteiger partial charge < -0.3 is 10.4 Å². The van der Waals surface area contributed by atoms with Crippen LogP contribution in [0.15, 0.2) is 24.3 Å². The van der Waals surface area contributed by atoms with E-state index in [0.29, 0.717) is 11.6 Å². The normalized spacial score (nSPS) is 26.5. The minimum absolute atomic E-state index is 0.351. The molecule has 0 radical (unpaired) electrons. The highest BCUT2D eigenvalue weighted by Crippen LogP contribution is 2.33. The van der Waals surface area contributed by atoms with E-state index in [2.05, 4.69) is 19.2 Å². The summed E-state index contributed by atoms with van der Waals surface area (Å²) >= 11 is 0. The molecule has 104 valence electrons. The standard InChI is InChI=1S/C16H23NO2/c1-3-13-8-9-15(11(13)2)17-10-12-4-6-14(7-5-12)16(18)19/h4-7,11,13,15,17H,3,8-10H2,1-2H3,(H,18,19). The average molecular weight is 261 g/mol. The Morgan fingerprint density at radius 1 is 1.32 bits per heavy atom. The van der Waals surface area contributed by atoms with Crippen LogP contribution in [0.3, 0.4) is 0 Å². The van der Waals surface area contributed by atoms with Crippen molar-refractivity contribution in [1.82, 2.24) is 5.32 Å². The third-order valence-corrected chi connectivity index (χ3v) is 4.52. The van der Waals surface area contributed by atoms with Crippen LogP contribution in [0, 0.1) is 11.8 Å². The molecule has 1 aliphatic rings. The molecule has 3 unspecified atom stereocenters. The van der Waals surface area contributed by atoms with Crippen LogP contribution in [-0.4, -0.2) is 17.1 Å². The highest BCUT2D eigenvalue weighted by Gasteiger charge is 2.30. The maximum atomic E-state index is 10.8. The van der Waals surface area contributed by atoms with E-state index in [1.807, 2.05) is 12.1 Å². The molecule has 1 aromatic rings. The van der Waals surface area contributed by atoms with Gasteiger partial charge in [0.15, 0.2) is 0 Å². The van der Waals surface area contributed by atoms with Gasteiger partial charge in [-0.1, -0.05) is 32.4 Å². The minimum Gasteiger partial charge on any atom is -0.478 e. The third-order valence-electron chi connectivity index (χ3n) is 4.52. The molecular weight excluding hydrogens is 238 g/mol. The number of carboxylic acid groups (broad SMARTS) is 1. The van der Waals surface area contributed by atoms with Gasteiger partial charge in [-0.25, -0.2) is 4.79 Å². The van der Waals surface area contributed by atoms with Crippen LogP contribution in [0.5, 0.6) is 0 Å². The van der Waals surface area contributed by atoms with E-state index < -0.39 is 5.97 Å². The molecule has 1 saturated carbocycles. The summed E-state index contributed by atoms with van der Waals surface area (Å²) < 4.78 is 0. The van der Waals surface area contributed by atoms with Crippen LogP contribution in [0.2, 0.25) is 0 Å². The van der Waals surface area contributed by atoms with Gasteiger partial charge in [0.2, 0.25) is 0 Å². The molecule has 0 aromatic heterocycles. The van der Waals surface area contributed by atoms with Gasteiger partial charge in [-0.15, -0.1) is 0 Å². The van der Waals surface area contributed by atoms with Crippen molar-refractivity contribution in [2.75, 3.05) is 0 Å². The van der Waals surface area contributed by atoms with Gasteiger partial charge in [0.05, 0.1) is 5.56 Å². The molecule has 0 spiro atoms. The van der Waals surface area contributed by atoms with Gasteiger partial charge in [0, 0.05) is 12.6 Å². The summed E-state index contributed by atoms with van der Waals surface area (Å²) in [6.07, 6.45) is 3.85. The average Bonchev–Trinajstić information content (AvgIpc) is 2.77. The fraction of sp³-hybridized carbons (Fsp3) is 0.562. The minimum atomic E-state index is -0.866. The van der Waals surface area contributed by atoms with Crippen molar-refractivity contribution in [3.8, 4) is 0 Å². The van der Waals surface area contributed by atoms with Gasteiger partial charge in [-0.2, -0.15) is 0 Å². The lowest BCUT2D eigenvalue weighted by Gasteiger charge is -2.21. The van der Waals surface area contributed by atoms with Crippen LogP contribution < -0.4 is 5.32 Å². The summed E-state index contributed by atoms with van der Waals surface area (Å²) in [5.74, 6) is 0.727. The summed E-state index contributed by atoms with van der Waals surface area (Å²) in [6.45, 7) is 5.44. The molecule has 1 fully saturated rings. The van der Waals surface area contributed by atoms with Crippen molar-refractivity contribution in [3.63, 3.8) is 0 Å². The molecule has 0 amide bonds. The van der Waals surface area contributed by atoms with E-state index in [1.165, 1.54) is 19.3 Å². The predicted octanol–water partition coefficient (Wildman–Crippen LogP) is 3.30. The summed E-state index contributed by atoms with van der Waals surface area (Å²) in [6, 6.07) is 7.74. The number of carboxylic acids is 1. The Labute approximate surface area is 115 Å². The fourth-order valence-electron chi connectivity index (χ4n) is 3.13. The first kappa shape index (κ1) is 14.1. The molecule has 0 heterocycles. The first-order valence-corrected chi connectivity index (χ1v) is 7.17. The molecular formula is C16H23NO2. The molecule has 2 N–H and O–H groups in total. The predicted molar refractivity (Wildman–Crippen MR) is 76.2 cm³/mol. The fourth-order valence-corrected chi connectivity index (χ4v) is 3.13. The van der Waals surface area contributed by atoms with Crippen LogP contribution in [0.4, 0.5) is 0 Å². The SMILES string of the molecule is CCC1CCC(NCc2ccc(C(=O)O)cc2)C1C. The molecule has 0 saturated heterocycles. The zero-order chi connectivity index (χ0) is 13.8. The summed E-state index contributed by atoms with van der Waals surface area (Å²) in [5.41, 5.74) is 1.50. The number of carbonyl (C=O) groups is 1. The first-order chi connectivity index (χ1) is 9.11. The van der Waals surface area contributed by atoms with Crippen LogP contribution in [0.25, 0.3) is 0 Å². The van der Waals surface area contributed by atoms with E-state index >= 15 is 0 Å². The third kappa shape index (κ3) is 3.35. The maximum Gasteiger partial charge on any atom is 0.335 e. The van der Waals surface area contributed by atoms with Crippen molar-refractivity contribution >= 4 is 5.97 Å². The lowest BCUT2D eigenvalue weighted by atomic mass is 9.93. The molecule has 3 heteroatoms. The zero-order valence-electron chi connectivity index (χ0n) is 11.7. The quantitative estimate of drug-likeness (QED) is 0.855. The Bertz CT molecular complexity index is 427.